The molecule has 0 amide bonds. The summed E-state index contributed by atoms with van der Waals surface area (Å²) in [6, 6.07) is 2.25. The van der Waals surface area contributed by atoms with Crippen LogP contribution in [0.15, 0.2) is 0 Å². The fourth-order valence-corrected chi connectivity index (χ4v) is 2.42. The fraction of sp³-hybridized carbons (Fsp3) is 0.938. The van der Waals surface area contributed by atoms with Gasteiger partial charge in [-0.1, -0.05) is 27.7 Å². The maximum atomic E-state index is 9.07. The van der Waals surface area contributed by atoms with E-state index in [0.717, 1.165) is 52.0 Å². The van der Waals surface area contributed by atoms with Crippen molar-refractivity contribution in [2.75, 3.05) is 39.3 Å². The van der Waals surface area contributed by atoms with E-state index in [1.165, 1.54) is 13.0 Å². The highest BCUT2D eigenvalue weighted by atomic mass is 15.1. The van der Waals surface area contributed by atoms with Gasteiger partial charge in [0, 0.05) is 0 Å². The molecule has 1 unspecified atom stereocenters. The number of rotatable bonds is 12. The van der Waals surface area contributed by atoms with Gasteiger partial charge in [-0.25, -0.2) is 0 Å². The van der Waals surface area contributed by atoms with Crippen molar-refractivity contribution in [3.8, 4) is 6.07 Å². The van der Waals surface area contributed by atoms with Crippen LogP contribution in [0.2, 0.25) is 0 Å². The Morgan fingerprint density at radius 3 is 1.85 bits per heavy atom. The zero-order chi connectivity index (χ0) is 15.4. The summed E-state index contributed by atoms with van der Waals surface area (Å²) in [5.74, 6) is 0. The van der Waals surface area contributed by atoms with Gasteiger partial charge in [0.1, 0.15) is 5.54 Å². The van der Waals surface area contributed by atoms with Crippen molar-refractivity contribution in [3.63, 3.8) is 0 Å². The second-order valence-corrected chi connectivity index (χ2v) is 5.54. The Balaban J connectivity index is 3.91. The molecule has 118 valence electrons. The fourth-order valence-electron chi connectivity index (χ4n) is 2.42. The summed E-state index contributed by atoms with van der Waals surface area (Å²) in [7, 11) is 0. The molecule has 0 fully saturated rings. The van der Waals surface area contributed by atoms with E-state index in [0.29, 0.717) is 0 Å². The van der Waals surface area contributed by atoms with Crippen LogP contribution in [0.3, 0.4) is 0 Å². The first-order valence-electron chi connectivity index (χ1n) is 8.20. The molecule has 20 heavy (non-hydrogen) atoms. The lowest BCUT2D eigenvalue weighted by atomic mass is 9.93. The van der Waals surface area contributed by atoms with Crippen LogP contribution in [0, 0.1) is 11.3 Å². The van der Waals surface area contributed by atoms with E-state index in [9.17, 15) is 0 Å². The van der Waals surface area contributed by atoms with Crippen molar-refractivity contribution >= 4 is 0 Å². The molecule has 0 aliphatic carbocycles. The van der Waals surface area contributed by atoms with Crippen molar-refractivity contribution in [1.82, 2.24) is 9.80 Å². The molecule has 0 aliphatic heterocycles. The molecule has 0 radical (unpaired) electrons. The van der Waals surface area contributed by atoms with Crippen molar-refractivity contribution in [1.29, 1.82) is 5.26 Å². The minimum atomic E-state index is -0.624. The molecule has 0 saturated carbocycles. The van der Waals surface area contributed by atoms with Crippen LogP contribution in [-0.4, -0.2) is 54.6 Å². The maximum Gasteiger partial charge on any atom is 0.104 e. The zero-order valence-electron chi connectivity index (χ0n) is 14.0. The summed E-state index contributed by atoms with van der Waals surface area (Å²) >= 11 is 0. The molecule has 0 saturated heterocycles. The lowest BCUT2D eigenvalue weighted by Crippen LogP contribution is -2.38. The summed E-state index contributed by atoms with van der Waals surface area (Å²) in [4.78, 5) is 4.93. The smallest absolute Gasteiger partial charge is 0.104 e. The van der Waals surface area contributed by atoms with Crippen LogP contribution in [0.5, 0.6) is 0 Å². The number of hydrogen-bond acceptors (Lipinski definition) is 4. The largest absolute Gasteiger partial charge is 0.313 e. The summed E-state index contributed by atoms with van der Waals surface area (Å²) in [6.07, 6.45) is 3.76. The standard InChI is InChI=1S/C16H34N4/c1-5-16(18,15-17)11-9-12-20(8-4)14-10-13-19(6-2)7-3/h5-14,18H2,1-4H3. The third kappa shape index (κ3) is 7.84. The molecule has 1 atom stereocenters. The molecular weight excluding hydrogens is 248 g/mol. The molecule has 0 aromatic carbocycles. The number of nitrogens with zero attached hydrogens (tertiary/aromatic N) is 3. The molecule has 2 N–H and O–H groups in total. The Morgan fingerprint density at radius 2 is 1.40 bits per heavy atom. The molecule has 4 nitrogen and oxygen atoms in total. The van der Waals surface area contributed by atoms with Crippen molar-refractivity contribution in [2.24, 2.45) is 5.73 Å². The van der Waals surface area contributed by atoms with Gasteiger partial charge in [0.2, 0.25) is 0 Å². The predicted molar refractivity (Wildman–Crippen MR) is 86.6 cm³/mol. The Morgan fingerprint density at radius 1 is 0.900 bits per heavy atom. The van der Waals surface area contributed by atoms with Crippen molar-refractivity contribution in [3.05, 3.63) is 0 Å². The van der Waals surface area contributed by atoms with Gasteiger partial charge in [0.05, 0.1) is 6.07 Å². The van der Waals surface area contributed by atoms with Crippen LogP contribution in [-0.2, 0) is 0 Å². The molecule has 0 rings (SSSR count). The summed E-state index contributed by atoms with van der Waals surface area (Å²) in [6.45, 7) is 15.4. The molecule has 0 spiro atoms. The normalized spacial score (nSPS) is 14.5. The first kappa shape index (κ1) is 19.4. The molecule has 0 bridgehead atoms. The van der Waals surface area contributed by atoms with E-state index in [4.69, 9.17) is 11.0 Å². The summed E-state index contributed by atoms with van der Waals surface area (Å²) in [5, 5.41) is 9.07. The van der Waals surface area contributed by atoms with Gasteiger partial charge in [-0.15, -0.1) is 0 Å². The Kier molecular flexibility index (Phi) is 10.7. The quantitative estimate of drug-likeness (QED) is 0.597. The second-order valence-electron chi connectivity index (χ2n) is 5.54. The highest BCUT2D eigenvalue weighted by Crippen LogP contribution is 2.13. The third-order valence-corrected chi connectivity index (χ3v) is 4.24. The average molecular weight is 282 g/mol. The van der Waals surface area contributed by atoms with E-state index >= 15 is 0 Å². The minimum absolute atomic E-state index is 0.624. The van der Waals surface area contributed by atoms with Gasteiger partial charge in [0.15, 0.2) is 0 Å². The maximum absolute atomic E-state index is 9.07. The first-order chi connectivity index (χ1) is 9.55. The number of nitriles is 1. The van der Waals surface area contributed by atoms with Gasteiger partial charge in [-0.2, -0.15) is 5.26 Å². The van der Waals surface area contributed by atoms with Crippen molar-refractivity contribution in [2.45, 2.75) is 58.9 Å². The number of nitrogens with two attached hydrogens (primary N) is 1. The lowest BCUT2D eigenvalue weighted by Gasteiger charge is -2.25. The van der Waals surface area contributed by atoms with Crippen LogP contribution >= 0.6 is 0 Å². The average Bonchev–Trinajstić information content (AvgIpc) is 2.49. The van der Waals surface area contributed by atoms with Crippen LogP contribution in [0.25, 0.3) is 0 Å². The van der Waals surface area contributed by atoms with Gasteiger partial charge in [0.25, 0.3) is 0 Å². The summed E-state index contributed by atoms with van der Waals surface area (Å²) < 4.78 is 0. The van der Waals surface area contributed by atoms with E-state index in [1.807, 2.05) is 6.92 Å². The lowest BCUT2D eigenvalue weighted by molar-refractivity contribution is 0.237. The summed E-state index contributed by atoms with van der Waals surface area (Å²) in [5.41, 5.74) is 5.39. The SMILES string of the molecule is CCN(CC)CCCN(CC)CCCC(N)(C#N)CC. The Labute approximate surface area is 125 Å². The van der Waals surface area contributed by atoms with E-state index in [-0.39, 0.29) is 0 Å². The van der Waals surface area contributed by atoms with E-state index in [2.05, 4.69) is 36.6 Å². The molecule has 4 heteroatoms. The van der Waals surface area contributed by atoms with Gasteiger partial charge in [-0.05, 0) is 65.0 Å². The molecule has 0 aromatic heterocycles. The monoisotopic (exact) mass is 282 g/mol. The minimum Gasteiger partial charge on any atom is -0.313 e. The second kappa shape index (κ2) is 11.1. The van der Waals surface area contributed by atoms with Gasteiger partial charge < -0.3 is 15.5 Å². The molecule has 0 aliphatic rings. The third-order valence-electron chi connectivity index (χ3n) is 4.24. The van der Waals surface area contributed by atoms with Crippen LogP contribution in [0.1, 0.15) is 53.4 Å². The van der Waals surface area contributed by atoms with E-state index < -0.39 is 5.54 Å². The Bertz CT molecular complexity index is 270. The Hall–Kier alpha value is -0.630. The molecular formula is C16H34N4. The van der Waals surface area contributed by atoms with Crippen LogP contribution < -0.4 is 5.73 Å². The highest BCUT2D eigenvalue weighted by Gasteiger charge is 2.21. The molecule has 0 aromatic rings. The first-order valence-corrected chi connectivity index (χ1v) is 8.20. The topological polar surface area (TPSA) is 56.3 Å². The predicted octanol–water partition coefficient (Wildman–Crippen LogP) is 2.45. The zero-order valence-corrected chi connectivity index (χ0v) is 14.0. The van der Waals surface area contributed by atoms with Gasteiger partial charge in [-0.3, -0.25) is 0 Å². The molecule has 0 heterocycles. The number of hydrogen-bond donors (Lipinski definition) is 1. The van der Waals surface area contributed by atoms with Gasteiger partial charge >= 0.3 is 0 Å². The van der Waals surface area contributed by atoms with Crippen LogP contribution in [0.4, 0.5) is 0 Å². The van der Waals surface area contributed by atoms with Crippen molar-refractivity contribution < 1.29 is 0 Å². The van der Waals surface area contributed by atoms with E-state index in [1.54, 1.807) is 0 Å². The highest BCUT2D eigenvalue weighted by molar-refractivity contribution is 5.03.